The van der Waals surface area contributed by atoms with Crippen molar-refractivity contribution < 1.29 is 18.7 Å². The molecule has 2 fully saturated rings. The number of carbonyl (C=O) groups is 1. The lowest BCUT2D eigenvalue weighted by molar-refractivity contribution is -0.0609. The summed E-state index contributed by atoms with van der Waals surface area (Å²) in [6, 6.07) is 1.17. The summed E-state index contributed by atoms with van der Waals surface area (Å²) in [5.74, 6) is 0.0909. The molecule has 1 amide bonds. The van der Waals surface area contributed by atoms with Gasteiger partial charge in [0.05, 0.1) is 5.60 Å². The predicted octanol–water partition coefficient (Wildman–Crippen LogP) is 2.37. The topological polar surface area (TPSA) is 58.4 Å². The van der Waals surface area contributed by atoms with Gasteiger partial charge in [0.25, 0.3) is 12.3 Å². The molecule has 1 aromatic heterocycles. The van der Waals surface area contributed by atoms with Crippen molar-refractivity contribution in [2.75, 3.05) is 13.1 Å². The summed E-state index contributed by atoms with van der Waals surface area (Å²) in [6.45, 7) is 3.05. The van der Waals surface area contributed by atoms with Crippen LogP contribution in [-0.4, -0.2) is 44.4 Å². The van der Waals surface area contributed by atoms with Crippen LogP contribution in [0.2, 0.25) is 0 Å². The first kappa shape index (κ1) is 16.4. The fourth-order valence-electron chi connectivity index (χ4n) is 4.19. The fraction of sp³-hybridized carbons (Fsp3) is 0.750. The molecule has 7 heteroatoms. The summed E-state index contributed by atoms with van der Waals surface area (Å²) in [7, 11) is 1.50. The Balaban J connectivity index is 1.80. The fourth-order valence-corrected chi connectivity index (χ4v) is 4.19. The lowest BCUT2D eigenvalue weighted by atomic mass is 9.69. The number of carbonyl (C=O) groups excluding carboxylic acids is 1. The third kappa shape index (κ3) is 2.75. The molecule has 3 atom stereocenters. The lowest BCUT2D eigenvalue weighted by Crippen LogP contribution is -2.44. The highest BCUT2D eigenvalue weighted by atomic mass is 19.3. The van der Waals surface area contributed by atoms with Gasteiger partial charge in [0.2, 0.25) is 0 Å². The predicted molar refractivity (Wildman–Crippen MR) is 80.1 cm³/mol. The zero-order valence-corrected chi connectivity index (χ0v) is 13.5. The van der Waals surface area contributed by atoms with Gasteiger partial charge in [0.15, 0.2) is 0 Å². The molecule has 0 spiro atoms. The molecular weight excluding hydrogens is 304 g/mol. The van der Waals surface area contributed by atoms with Crippen LogP contribution in [0.25, 0.3) is 0 Å². The van der Waals surface area contributed by atoms with Crippen LogP contribution in [0.1, 0.15) is 55.2 Å². The van der Waals surface area contributed by atoms with Crippen molar-refractivity contribution in [3.63, 3.8) is 0 Å². The zero-order chi connectivity index (χ0) is 16.8. The monoisotopic (exact) mass is 327 g/mol. The van der Waals surface area contributed by atoms with Crippen LogP contribution in [0.4, 0.5) is 8.78 Å². The zero-order valence-electron chi connectivity index (χ0n) is 13.5. The molecular formula is C16H23F2N3O2. The van der Waals surface area contributed by atoms with E-state index in [1.54, 1.807) is 4.90 Å². The minimum Gasteiger partial charge on any atom is -0.390 e. The quantitative estimate of drug-likeness (QED) is 0.927. The van der Waals surface area contributed by atoms with Crippen LogP contribution in [-0.2, 0) is 7.05 Å². The maximum Gasteiger partial charge on any atom is 0.282 e. The summed E-state index contributed by atoms with van der Waals surface area (Å²) in [4.78, 5) is 14.4. The van der Waals surface area contributed by atoms with Gasteiger partial charge in [-0.15, -0.1) is 0 Å². The van der Waals surface area contributed by atoms with Crippen LogP contribution in [0.5, 0.6) is 0 Å². The molecule has 2 heterocycles. The second-order valence-electron chi connectivity index (χ2n) is 6.80. The van der Waals surface area contributed by atoms with Crippen LogP contribution >= 0.6 is 0 Å². The van der Waals surface area contributed by atoms with Crippen molar-refractivity contribution in [2.45, 2.75) is 44.6 Å². The molecule has 1 aromatic rings. The molecule has 1 saturated carbocycles. The van der Waals surface area contributed by atoms with Gasteiger partial charge in [0.1, 0.15) is 11.4 Å². The molecule has 1 aliphatic heterocycles. The molecule has 128 valence electrons. The van der Waals surface area contributed by atoms with E-state index < -0.39 is 12.0 Å². The standard InChI is InChI=1S/C16H23F2N3O2/c1-3-16(23)6-4-5-10-8-21(9-11(10)16)15(22)13-7-12(14(17)18)19-20(13)2/h7,10-11,14,23H,3-6,8-9H2,1-2H3/t10-,11+,16-/m1/s1. The first-order valence-corrected chi connectivity index (χ1v) is 8.19. The molecule has 0 bridgehead atoms. The highest BCUT2D eigenvalue weighted by molar-refractivity contribution is 5.93. The van der Waals surface area contributed by atoms with E-state index in [9.17, 15) is 18.7 Å². The average molecular weight is 327 g/mol. The number of amides is 1. The van der Waals surface area contributed by atoms with E-state index in [1.807, 2.05) is 6.92 Å². The number of likely N-dealkylation sites (tertiary alicyclic amines) is 1. The smallest absolute Gasteiger partial charge is 0.282 e. The van der Waals surface area contributed by atoms with E-state index in [0.717, 1.165) is 19.3 Å². The maximum absolute atomic E-state index is 12.8. The maximum atomic E-state index is 12.8. The Morgan fingerprint density at radius 2 is 2.26 bits per heavy atom. The molecule has 5 nitrogen and oxygen atoms in total. The van der Waals surface area contributed by atoms with Gasteiger partial charge in [-0.05, 0) is 31.2 Å². The van der Waals surface area contributed by atoms with Crippen LogP contribution in [0.3, 0.4) is 0 Å². The molecule has 1 N–H and O–H groups in total. The van der Waals surface area contributed by atoms with Crippen molar-refractivity contribution in [2.24, 2.45) is 18.9 Å². The van der Waals surface area contributed by atoms with E-state index in [-0.39, 0.29) is 23.2 Å². The normalized spacial score (nSPS) is 30.8. The minimum absolute atomic E-state index is 0.0768. The number of rotatable bonds is 3. The minimum atomic E-state index is -2.69. The Morgan fingerprint density at radius 1 is 1.52 bits per heavy atom. The van der Waals surface area contributed by atoms with Gasteiger partial charge < -0.3 is 10.0 Å². The SMILES string of the molecule is CC[C@@]1(O)CCC[C@@H]2CN(C(=O)c3cc(C(F)F)nn3C)C[C@@H]21. The van der Waals surface area contributed by atoms with Gasteiger partial charge in [-0.2, -0.15) is 5.10 Å². The van der Waals surface area contributed by atoms with Gasteiger partial charge in [0, 0.05) is 26.1 Å². The lowest BCUT2D eigenvalue weighted by Gasteiger charge is -2.40. The molecule has 0 unspecified atom stereocenters. The Labute approximate surface area is 134 Å². The Bertz CT molecular complexity index is 604. The van der Waals surface area contributed by atoms with Crippen LogP contribution in [0, 0.1) is 11.8 Å². The van der Waals surface area contributed by atoms with Gasteiger partial charge >= 0.3 is 0 Å². The molecule has 1 saturated heterocycles. The Hall–Kier alpha value is -1.50. The summed E-state index contributed by atoms with van der Waals surface area (Å²) >= 11 is 0. The van der Waals surface area contributed by atoms with E-state index in [2.05, 4.69) is 5.10 Å². The van der Waals surface area contributed by atoms with E-state index in [1.165, 1.54) is 17.8 Å². The number of aryl methyl sites for hydroxylation is 1. The second-order valence-corrected chi connectivity index (χ2v) is 6.80. The molecule has 3 rings (SSSR count). The molecule has 1 aliphatic carbocycles. The van der Waals surface area contributed by atoms with Crippen molar-refractivity contribution in [3.05, 3.63) is 17.5 Å². The van der Waals surface area contributed by atoms with E-state index in [0.29, 0.717) is 25.4 Å². The van der Waals surface area contributed by atoms with E-state index >= 15 is 0 Å². The third-order valence-corrected chi connectivity index (χ3v) is 5.56. The molecule has 0 radical (unpaired) electrons. The van der Waals surface area contributed by atoms with Crippen molar-refractivity contribution in [1.82, 2.24) is 14.7 Å². The first-order chi connectivity index (χ1) is 10.9. The summed E-state index contributed by atoms with van der Waals surface area (Å²) in [5, 5.41) is 14.5. The second kappa shape index (κ2) is 5.85. The van der Waals surface area contributed by atoms with Crippen LogP contribution < -0.4 is 0 Å². The highest BCUT2D eigenvalue weighted by Crippen LogP contribution is 2.44. The number of aromatic nitrogens is 2. The molecule has 2 aliphatic rings. The Morgan fingerprint density at radius 3 is 2.87 bits per heavy atom. The van der Waals surface area contributed by atoms with E-state index in [4.69, 9.17) is 0 Å². The number of halogens is 2. The molecule has 23 heavy (non-hydrogen) atoms. The van der Waals surface area contributed by atoms with Crippen molar-refractivity contribution in [1.29, 1.82) is 0 Å². The number of hydrogen-bond acceptors (Lipinski definition) is 3. The largest absolute Gasteiger partial charge is 0.390 e. The van der Waals surface area contributed by atoms with Crippen molar-refractivity contribution in [3.8, 4) is 0 Å². The summed E-state index contributed by atoms with van der Waals surface area (Å²) < 4.78 is 26.7. The summed E-state index contributed by atoms with van der Waals surface area (Å²) in [6.07, 6.45) is 0.735. The number of hydrogen-bond donors (Lipinski definition) is 1. The number of nitrogens with zero attached hydrogens (tertiary/aromatic N) is 3. The van der Waals surface area contributed by atoms with Crippen molar-refractivity contribution >= 4 is 5.91 Å². The van der Waals surface area contributed by atoms with Gasteiger partial charge in [-0.1, -0.05) is 13.3 Å². The van der Waals surface area contributed by atoms with Gasteiger partial charge in [-0.3, -0.25) is 9.48 Å². The van der Waals surface area contributed by atoms with Gasteiger partial charge in [-0.25, -0.2) is 8.78 Å². The Kier molecular flexibility index (Phi) is 4.16. The molecule has 0 aromatic carbocycles. The van der Waals surface area contributed by atoms with Crippen LogP contribution in [0.15, 0.2) is 6.07 Å². The number of alkyl halides is 2. The highest BCUT2D eigenvalue weighted by Gasteiger charge is 2.49. The average Bonchev–Trinajstić information content (AvgIpc) is 3.11. The number of fused-ring (bicyclic) bond motifs is 1. The third-order valence-electron chi connectivity index (χ3n) is 5.56. The first-order valence-electron chi connectivity index (χ1n) is 8.19. The number of aliphatic hydroxyl groups is 1. The summed E-state index contributed by atoms with van der Waals surface area (Å²) in [5.41, 5.74) is -0.907.